The number of aryl methyl sites for hydroxylation is 2. The molecular weight excluding hydrogens is 318 g/mol. The van der Waals surface area contributed by atoms with Crippen LogP contribution in [0.5, 0.6) is 5.75 Å². The second-order valence-electron chi connectivity index (χ2n) is 6.02. The van der Waals surface area contributed by atoms with Crippen LogP contribution in [0.15, 0.2) is 57.7 Å². The molecule has 1 aromatic heterocycles. The number of hydrogen-bond acceptors (Lipinski definition) is 4. The van der Waals surface area contributed by atoms with Gasteiger partial charge in [0.15, 0.2) is 6.10 Å². The number of anilines is 1. The molecule has 0 bridgehead atoms. The summed E-state index contributed by atoms with van der Waals surface area (Å²) in [5.41, 5.74) is 2.82. The summed E-state index contributed by atoms with van der Waals surface area (Å²) in [5, 5.41) is 3.67. The third kappa shape index (κ3) is 3.88. The second-order valence-corrected chi connectivity index (χ2v) is 6.02. The molecule has 0 spiro atoms. The van der Waals surface area contributed by atoms with E-state index in [1.54, 1.807) is 31.2 Å². The Labute approximate surface area is 145 Å². The maximum Gasteiger partial charge on any atom is 0.336 e. The fourth-order valence-corrected chi connectivity index (χ4v) is 2.48. The number of ether oxygens (including phenoxy) is 1. The summed E-state index contributed by atoms with van der Waals surface area (Å²) in [5.74, 6) is 0.216. The third-order valence-electron chi connectivity index (χ3n) is 3.93. The number of carbonyl (C=O) groups excluding carboxylic acids is 1. The van der Waals surface area contributed by atoms with Gasteiger partial charge in [0.2, 0.25) is 0 Å². The number of fused-ring (bicyclic) bond motifs is 1. The van der Waals surface area contributed by atoms with E-state index in [4.69, 9.17) is 9.15 Å². The summed E-state index contributed by atoms with van der Waals surface area (Å²) in [6.07, 6.45) is -0.701. The van der Waals surface area contributed by atoms with Crippen molar-refractivity contribution in [3.8, 4) is 5.75 Å². The van der Waals surface area contributed by atoms with Gasteiger partial charge in [-0.3, -0.25) is 4.79 Å². The van der Waals surface area contributed by atoms with Crippen LogP contribution in [0.4, 0.5) is 5.69 Å². The van der Waals surface area contributed by atoms with Gasteiger partial charge in [0.05, 0.1) is 0 Å². The van der Waals surface area contributed by atoms with Gasteiger partial charge in [0.1, 0.15) is 11.3 Å². The van der Waals surface area contributed by atoms with Gasteiger partial charge in [-0.25, -0.2) is 4.79 Å². The lowest BCUT2D eigenvalue weighted by Crippen LogP contribution is -2.30. The Hall–Kier alpha value is -3.08. The van der Waals surface area contributed by atoms with Crippen molar-refractivity contribution in [2.45, 2.75) is 26.9 Å². The van der Waals surface area contributed by atoms with E-state index >= 15 is 0 Å². The lowest BCUT2D eigenvalue weighted by molar-refractivity contribution is -0.122. The Morgan fingerprint density at radius 1 is 1.08 bits per heavy atom. The zero-order chi connectivity index (χ0) is 18.0. The maximum absolute atomic E-state index is 12.4. The van der Waals surface area contributed by atoms with Gasteiger partial charge in [0, 0.05) is 23.2 Å². The Morgan fingerprint density at radius 3 is 2.64 bits per heavy atom. The Morgan fingerprint density at radius 2 is 1.84 bits per heavy atom. The quantitative estimate of drug-likeness (QED) is 0.735. The number of hydrogen-bond donors (Lipinski definition) is 1. The molecule has 0 aliphatic rings. The summed E-state index contributed by atoms with van der Waals surface area (Å²) in [6, 6.07) is 14.1. The molecule has 3 rings (SSSR count). The molecule has 1 amide bonds. The van der Waals surface area contributed by atoms with Gasteiger partial charge in [-0.05, 0) is 56.2 Å². The van der Waals surface area contributed by atoms with Gasteiger partial charge in [-0.15, -0.1) is 0 Å². The molecule has 5 heteroatoms. The lowest BCUT2D eigenvalue weighted by atomic mass is 10.1. The molecule has 1 heterocycles. The van der Waals surface area contributed by atoms with Crippen molar-refractivity contribution in [3.05, 3.63) is 70.1 Å². The minimum Gasteiger partial charge on any atom is -0.481 e. The van der Waals surface area contributed by atoms with Gasteiger partial charge in [0.25, 0.3) is 5.91 Å². The first-order chi connectivity index (χ1) is 11.9. The fraction of sp³-hybridized carbons (Fsp3) is 0.200. The van der Waals surface area contributed by atoms with Gasteiger partial charge in [-0.1, -0.05) is 12.1 Å². The minimum absolute atomic E-state index is 0.247. The monoisotopic (exact) mass is 337 g/mol. The molecular formula is C20H19NO4. The minimum atomic E-state index is -0.701. The van der Waals surface area contributed by atoms with Gasteiger partial charge >= 0.3 is 5.63 Å². The highest BCUT2D eigenvalue weighted by atomic mass is 16.5. The molecule has 128 valence electrons. The number of amides is 1. The molecule has 25 heavy (non-hydrogen) atoms. The van der Waals surface area contributed by atoms with E-state index < -0.39 is 11.7 Å². The Bertz CT molecular complexity index is 990. The molecule has 0 saturated carbocycles. The zero-order valence-corrected chi connectivity index (χ0v) is 14.3. The highest BCUT2D eigenvalue weighted by Gasteiger charge is 2.16. The molecule has 5 nitrogen and oxygen atoms in total. The third-order valence-corrected chi connectivity index (χ3v) is 3.93. The van der Waals surface area contributed by atoms with Crippen molar-refractivity contribution in [1.29, 1.82) is 0 Å². The van der Waals surface area contributed by atoms with Crippen molar-refractivity contribution in [1.82, 2.24) is 0 Å². The van der Waals surface area contributed by atoms with Gasteiger partial charge < -0.3 is 14.5 Å². The van der Waals surface area contributed by atoms with Crippen molar-refractivity contribution in [2.75, 3.05) is 5.32 Å². The number of benzene rings is 2. The standard InChI is InChI=1S/C20H19NO4/c1-12-4-5-13(2)17(10-12)21-20(23)14(3)24-16-8-6-15-7-9-19(22)25-18(15)11-16/h4-11,14H,1-3H3,(H,21,23)/t14-/m1/s1. The molecule has 0 saturated heterocycles. The van der Waals surface area contributed by atoms with E-state index in [1.807, 2.05) is 32.0 Å². The van der Waals surface area contributed by atoms with E-state index in [1.165, 1.54) is 6.07 Å². The SMILES string of the molecule is Cc1ccc(C)c(NC(=O)[C@@H](C)Oc2ccc3ccc(=O)oc3c2)c1. The maximum atomic E-state index is 12.4. The highest BCUT2D eigenvalue weighted by molar-refractivity contribution is 5.95. The topological polar surface area (TPSA) is 68.5 Å². The van der Waals surface area contributed by atoms with Crippen molar-refractivity contribution in [3.63, 3.8) is 0 Å². The summed E-state index contributed by atoms with van der Waals surface area (Å²) in [7, 11) is 0. The van der Waals surface area contributed by atoms with Crippen molar-refractivity contribution >= 4 is 22.6 Å². The molecule has 0 radical (unpaired) electrons. The summed E-state index contributed by atoms with van der Waals surface area (Å²) in [6.45, 7) is 5.58. The highest BCUT2D eigenvalue weighted by Crippen LogP contribution is 2.21. The first-order valence-electron chi connectivity index (χ1n) is 8.01. The van der Waals surface area contributed by atoms with Crippen LogP contribution in [0, 0.1) is 13.8 Å². The predicted molar refractivity (Wildman–Crippen MR) is 97.1 cm³/mol. The van der Waals surface area contributed by atoms with E-state index in [9.17, 15) is 9.59 Å². The average Bonchev–Trinajstić information content (AvgIpc) is 2.57. The molecule has 0 aliphatic carbocycles. The number of nitrogens with one attached hydrogen (secondary N) is 1. The van der Waals surface area contributed by atoms with Crippen LogP contribution in [0.3, 0.4) is 0 Å². The molecule has 0 fully saturated rings. The largest absolute Gasteiger partial charge is 0.481 e. The molecule has 0 aliphatic heterocycles. The lowest BCUT2D eigenvalue weighted by Gasteiger charge is -2.16. The summed E-state index contributed by atoms with van der Waals surface area (Å²) >= 11 is 0. The van der Waals surface area contributed by atoms with Crippen LogP contribution in [0.2, 0.25) is 0 Å². The van der Waals surface area contributed by atoms with Gasteiger partial charge in [-0.2, -0.15) is 0 Å². The van der Waals surface area contributed by atoms with E-state index in [2.05, 4.69) is 5.32 Å². The first kappa shape index (κ1) is 16.8. The Balaban J connectivity index is 1.75. The van der Waals surface area contributed by atoms with Crippen molar-refractivity contribution in [2.24, 2.45) is 0 Å². The molecule has 3 aromatic rings. The van der Waals surface area contributed by atoms with Crippen LogP contribution < -0.4 is 15.7 Å². The number of rotatable bonds is 4. The zero-order valence-electron chi connectivity index (χ0n) is 14.3. The van der Waals surface area contributed by atoms with E-state index in [0.29, 0.717) is 11.3 Å². The fourth-order valence-electron chi connectivity index (χ4n) is 2.48. The molecule has 1 N–H and O–H groups in total. The molecule has 1 atom stereocenters. The smallest absolute Gasteiger partial charge is 0.336 e. The number of carbonyl (C=O) groups is 1. The molecule has 0 unspecified atom stereocenters. The Kier molecular flexibility index (Phi) is 4.57. The first-order valence-corrected chi connectivity index (χ1v) is 8.01. The van der Waals surface area contributed by atoms with Crippen molar-refractivity contribution < 1.29 is 13.9 Å². The van der Waals surface area contributed by atoms with E-state index in [-0.39, 0.29) is 5.91 Å². The second kappa shape index (κ2) is 6.81. The molecule has 2 aromatic carbocycles. The van der Waals surface area contributed by atoms with Crippen LogP contribution in [0.1, 0.15) is 18.1 Å². The van der Waals surface area contributed by atoms with Crippen LogP contribution >= 0.6 is 0 Å². The van der Waals surface area contributed by atoms with Crippen LogP contribution in [-0.4, -0.2) is 12.0 Å². The van der Waals surface area contributed by atoms with E-state index in [0.717, 1.165) is 22.2 Å². The summed E-state index contributed by atoms with van der Waals surface area (Å²) < 4.78 is 10.8. The summed E-state index contributed by atoms with van der Waals surface area (Å²) in [4.78, 5) is 23.7. The normalized spacial score (nSPS) is 12.0. The predicted octanol–water partition coefficient (Wildman–Crippen LogP) is 3.82. The van der Waals surface area contributed by atoms with Crippen LogP contribution in [-0.2, 0) is 4.79 Å². The van der Waals surface area contributed by atoms with Crippen LogP contribution in [0.25, 0.3) is 11.0 Å². The average molecular weight is 337 g/mol.